The third-order valence-corrected chi connectivity index (χ3v) is 4.45. The monoisotopic (exact) mass is 363 g/mol. The lowest BCUT2D eigenvalue weighted by Gasteiger charge is -2.32. The van der Waals surface area contributed by atoms with Crippen LogP contribution >= 0.6 is 23.8 Å². The first kappa shape index (κ1) is 18.6. The van der Waals surface area contributed by atoms with Crippen molar-refractivity contribution in [1.29, 1.82) is 0 Å². The van der Waals surface area contributed by atoms with Gasteiger partial charge in [-0.3, -0.25) is 4.98 Å². The Balaban J connectivity index is 2.18. The lowest BCUT2D eigenvalue weighted by atomic mass is 10.1. The first-order valence-corrected chi connectivity index (χ1v) is 8.54. The molecule has 1 heterocycles. The van der Waals surface area contributed by atoms with E-state index in [4.69, 9.17) is 28.6 Å². The fourth-order valence-electron chi connectivity index (χ4n) is 2.37. The molecule has 0 spiro atoms. The molecule has 0 unspecified atom stereocenters. The first-order valence-electron chi connectivity index (χ1n) is 7.75. The molecule has 1 N–H and O–H groups in total. The van der Waals surface area contributed by atoms with Gasteiger partial charge in [0.25, 0.3) is 0 Å². The van der Waals surface area contributed by atoms with Crippen molar-refractivity contribution in [2.45, 2.75) is 19.9 Å². The summed E-state index contributed by atoms with van der Waals surface area (Å²) < 4.78 is 5.23. The van der Waals surface area contributed by atoms with Crippen molar-refractivity contribution in [2.24, 2.45) is 0 Å². The Morgan fingerprint density at radius 3 is 2.83 bits per heavy atom. The summed E-state index contributed by atoms with van der Waals surface area (Å²) in [6.45, 7) is 5.34. The quantitative estimate of drug-likeness (QED) is 0.767. The van der Waals surface area contributed by atoms with Crippen LogP contribution in [0.15, 0.2) is 42.7 Å². The number of nitrogens with one attached hydrogen (secondary N) is 1. The molecule has 0 aliphatic rings. The van der Waals surface area contributed by atoms with Crippen LogP contribution in [0.1, 0.15) is 24.1 Å². The highest BCUT2D eigenvalue weighted by Gasteiger charge is 2.19. The van der Waals surface area contributed by atoms with Crippen LogP contribution in [0, 0.1) is 6.92 Å². The van der Waals surface area contributed by atoms with Gasteiger partial charge in [0.15, 0.2) is 5.11 Å². The Morgan fingerprint density at radius 2 is 2.21 bits per heavy atom. The average Bonchev–Trinajstić information content (AvgIpc) is 2.58. The number of nitrogens with zero attached hydrogens (tertiary/aromatic N) is 2. The van der Waals surface area contributed by atoms with Crippen molar-refractivity contribution in [3.63, 3.8) is 0 Å². The number of ether oxygens (including phenoxy) is 1. The molecule has 0 fully saturated rings. The summed E-state index contributed by atoms with van der Waals surface area (Å²) in [5.74, 6) is 0. The number of aromatic nitrogens is 1. The molecule has 0 saturated carbocycles. The van der Waals surface area contributed by atoms with E-state index < -0.39 is 0 Å². The van der Waals surface area contributed by atoms with E-state index in [2.05, 4.69) is 22.1 Å². The Kier molecular flexibility index (Phi) is 6.97. The van der Waals surface area contributed by atoms with Crippen LogP contribution in [0.4, 0.5) is 5.69 Å². The molecule has 1 aromatic carbocycles. The average molecular weight is 364 g/mol. The van der Waals surface area contributed by atoms with Gasteiger partial charge in [0.1, 0.15) is 0 Å². The number of rotatable bonds is 6. The number of benzene rings is 1. The molecule has 24 heavy (non-hydrogen) atoms. The highest BCUT2D eigenvalue weighted by molar-refractivity contribution is 7.80. The zero-order chi connectivity index (χ0) is 17.5. The van der Waals surface area contributed by atoms with Gasteiger partial charge < -0.3 is 15.0 Å². The van der Waals surface area contributed by atoms with Gasteiger partial charge in [-0.15, -0.1) is 0 Å². The highest BCUT2D eigenvalue weighted by atomic mass is 35.5. The predicted octanol–water partition coefficient (Wildman–Crippen LogP) is 4.45. The van der Waals surface area contributed by atoms with E-state index in [1.807, 2.05) is 43.5 Å². The number of thiocarbonyl (C=S) groups is 1. The molecule has 0 bridgehead atoms. The van der Waals surface area contributed by atoms with Gasteiger partial charge in [0.05, 0.1) is 23.4 Å². The summed E-state index contributed by atoms with van der Waals surface area (Å²) in [5.41, 5.74) is 3.00. The molecule has 1 aromatic heterocycles. The molecular weight excluding hydrogens is 342 g/mol. The second-order valence-corrected chi connectivity index (χ2v) is 6.36. The van der Waals surface area contributed by atoms with Crippen LogP contribution in [-0.2, 0) is 4.74 Å². The molecule has 0 aliphatic heterocycles. The van der Waals surface area contributed by atoms with E-state index in [-0.39, 0.29) is 6.04 Å². The Labute approximate surface area is 153 Å². The number of methoxy groups -OCH3 is 1. The topological polar surface area (TPSA) is 37.4 Å². The molecule has 4 nitrogen and oxygen atoms in total. The normalized spacial score (nSPS) is 11.8. The van der Waals surface area contributed by atoms with Gasteiger partial charge >= 0.3 is 0 Å². The third-order valence-electron chi connectivity index (χ3n) is 3.80. The van der Waals surface area contributed by atoms with E-state index in [0.29, 0.717) is 23.3 Å². The number of aryl methyl sites for hydroxylation is 1. The van der Waals surface area contributed by atoms with E-state index in [1.165, 1.54) is 0 Å². The minimum atomic E-state index is 0.0677. The standard InChI is InChI=1S/C18H22ClN3OS/c1-13-6-7-17(16(19)11-13)21-18(24)22(9-10-23-3)14(2)15-5-4-8-20-12-15/h4-8,11-12,14H,9-10H2,1-3H3,(H,21,24)/t14-/m1/s1. The lowest BCUT2D eigenvalue weighted by Crippen LogP contribution is -2.39. The van der Waals surface area contributed by atoms with Crippen molar-refractivity contribution >= 4 is 34.6 Å². The number of pyridine rings is 1. The second kappa shape index (κ2) is 8.97. The van der Waals surface area contributed by atoms with Crippen molar-refractivity contribution < 1.29 is 4.74 Å². The van der Waals surface area contributed by atoms with Crippen molar-refractivity contribution in [3.8, 4) is 0 Å². The first-order chi connectivity index (χ1) is 11.5. The maximum atomic E-state index is 6.30. The van der Waals surface area contributed by atoms with Crippen LogP contribution in [0.3, 0.4) is 0 Å². The van der Waals surface area contributed by atoms with Crippen LogP contribution in [0.25, 0.3) is 0 Å². The van der Waals surface area contributed by atoms with Crippen molar-refractivity contribution in [3.05, 3.63) is 58.9 Å². The molecule has 0 aliphatic carbocycles. The van der Waals surface area contributed by atoms with Crippen molar-refractivity contribution in [2.75, 3.05) is 25.6 Å². The van der Waals surface area contributed by atoms with Crippen molar-refractivity contribution in [1.82, 2.24) is 9.88 Å². The Hall–Kier alpha value is -1.69. The van der Waals surface area contributed by atoms with Crippen LogP contribution in [-0.4, -0.2) is 35.3 Å². The maximum Gasteiger partial charge on any atom is 0.174 e. The van der Waals surface area contributed by atoms with Crippen LogP contribution in [0.5, 0.6) is 0 Å². The number of anilines is 1. The lowest BCUT2D eigenvalue weighted by molar-refractivity contribution is 0.165. The minimum absolute atomic E-state index is 0.0677. The molecule has 2 rings (SSSR count). The molecular formula is C18H22ClN3OS. The molecule has 0 amide bonds. The Morgan fingerprint density at radius 1 is 1.42 bits per heavy atom. The summed E-state index contributed by atoms with van der Waals surface area (Å²) in [6, 6.07) is 9.88. The molecule has 1 atom stereocenters. The minimum Gasteiger partial charge on any atom is -0.383 e. The van der Waals surface area contributed by atoms with Gasteiger partial charge in [-0.2, -0.15) is 0 Å². The predicted molar refractivity (Wildman–Crippen MR) is 104 cm³/mol. The largest absolute Gasteiger partial charge is 0.383 e. The van der Waals surface area contributed by atoms with E-state index in [1.54, 1.807) is 13.3 Å². The van der Waals surface area contributed by atoms with Gasteiger partial charge in [-0.25, -0.2) is 0 Å². The summed E-state index contributed by atoms with van der Waals surface area (Å²) in [7, 11) is 1.68. The molecule has 128 valence electrons. The zero-order valence-corrected chi connectivity index (χ0v) is 15.7. The summed E-state index contributed by atoms with van der Waals surface area (Å²) in [4.78, 5) is 6.27. The summed E-state index contributed by atoms with van der Waals surface area (Å²) in [6.07, 6.45) is 3.62. The van der Waals surface area contributed by atoms with E-state index in [0.717, 1.165) is 16.8 Å². The van der Waals surface area contributed by atoms with Crippen LogP contribution in [0.2, 0.25) is 5.02 Å². The van der Waals surface area contributed by atoms with E-state index >= 15 is 0 Å². The third kappa shape index (κ3) is 4.90. The molecule has 0 radical (unpaired) electrons. The second-order valence-electron chi connectivity index (χ2n) is 5.56. The van der Waals surface area contributed by atoms with E-state index in [9.17, 15) is 0 Å². The molecule has 2 aromatic rings. The fourth-order valence-corrected chi connectivity index (χ4v) is 3.01. The fraction of sp³-hybridized carbons (Fsp3) is 0.333. The number of halogens is 1. The number of hydrogen-bond acceptors (Lipinski definition) is 3. The SMILES string of the molecule is COCCN(C(=S)Nc1ccc(C)cc1Cl)[C@H](C)c1cccnc1. The Bertz CT molecular complexity index is 681. The highest BCUT2D eigenvalue weighted by Crippen LogP contribution is 2.25. The molecule has 0 saturated heterocycles. The van der Waals surface area contributed by atoms with Gasteiger partial charge in [-0.05, 0) is 55.4 Å². The molecule has 6 heteroatoms. The van der Waals surface area contributed by atoms with Crippen LogP contribution < -0.4 is 5.32 Å². The van der Waals surface area contributed by atoms with Gasteiger partial charge in [0, 0.05) is 26.0 Å². The zero-order valence-electron chi connectivity index (χ0n) is 14.1. The summed E-state index contributed by atoms with van der Waals surface area (Å²) >= 11 is 11.9. The smallest absolute Gasteiger partial charge is 0.174 e. The van der Waals surface area contributed by atoms with Gasteiger partial charge in [0.2, 0.25) is 0 Å². The van der Waals surface area contributed by atoms with Gasteiger partial charge in [-0.1, -0.05) is 23.7 Å². The maximum absolute atomic E-state index is 6.30. The number of hydrogen-bond donors (Lipinski definition) is 1. The summed E-state index contributed by atoms with van der Waals surface area (Å²) in [5, 5.41) is 4.50.